The first-order valence-electron chi connectivity index (χ1n) is 7.27. The molecule has 1 rings (SSSR count). The summed E-state index contributed by atoms with van der Waals surface area (Å²) >= 11 is 0. The van der Waals surface area contributed by atoms with E-state index < -0.39 is 0 Å². The molecule has 0 amide bonds. The van der Waals surface area contributed by atoms with Crippen molar-refractivity contribution in [3.63, 3.8) is 0 Å². The highest BCUT2D eigenvalue weighted by atomic mass is 15.3. The van der Waals surface area contributed by atoms with Crippen LogP contribution in [0.3, 0.4) is 0 Å². The predicted molar refractivity (Wildman–Crippen MR) is 77.8 cm³/mol. The Labute approximate surface area is 112 Å². The van der Waals surface area contributed by atoms with Crippen LogP contribution >= 0.6 is 0 Å². The molecule has 2 unspecified atom stereocenters. The maximum absolute atomic E-state index is 4.65. The van der Waals surface area contributed by atoms with Crippen LogP contribution in [0.1, 0.15) is 52.8 Å². The lowest BCUT2D eigenvalue weighted by molar-refractivity contribution is 0.452. The van der Waals surface area contributed by atoms with Gasteiger partial charge in [0.05, 0.1) is 5.69 Å². The van der Waals surface area contributed by atoms with Gasteiger partial charge in [-0.25, -0.2) is 0 Å². The van der Waals surface area contributed by atoms with Crippen LogP contribution in [0, 0.1) is 11.8 Å². The largest absolute Gasteiger partial charge is 0.316 e. The van der Waals surface area contributed by atoms with Gasteiger partial charge in [0.1, 0.15) is 0 Å². The van der Waals surface area contributed by atoms with Crippen LogP contribution in [0.2, 0.25) is 0 Å². The number of hydrogen-bond acceptors (Lipinski definition) is 2. The molecule has 0 saturated heterocycles. The molecule has 0 aliphatic rings. The first kappa shape index (κ1) is 15.2. The molecular weight excluding hydrogens is 222 g/mol. The van der Waals surface area contributed by atoms with Crippen LogP contribution < -0.4 is 5.32 Å². The highest BCUT2D eigenvalue weighted by Crippen LogP contribution is 2.11. The highest BCUT2D eigenvalue weighted by Gasteiger charge is 2.08. The third kappa shape index (κ3) is 5.21. The summed E-state index contributed by atoms with van der Waals surface area (Å²) < 4.78 is 2.09. The van der Waals surface area contributed by atoms with Crippen LogP contribution in [-0.4, -0.2) is 22.9 Å². The van der Waals surface area contributed by atoms with E-state index in [1.807, 2.05) is 0 Å². The van der Waals surface area contributed by atoms with E-state index in [0.29, 0.717) is 12.0 Å². The molecule has 0 aromatic carbocycles. The van der Waals surface area contributed by atoms with Gasteiger partial charge in [-0.2, -0.15) is 5.10 Å². The Morgan fingerprint density at radius 1 is 1.22 bits per heavy atom. The molecule has 1 aromatic rings. The zero-order chi connectivity index (χ0) is 13.5. The van der Waals surface area contributed by atoms with E-state index in [2.05, 4.69) is 62.0 Å². The molecule has 1 N–H and O–H groups in total. The number of hydrogen-bond donors (Lipinski definition) is 1. The minimum absolute atomic E-state index is 0.508. The van der Waals surface area contributed by atoms with Gasteiger partial charge in [0.25, 0.3) is 0 Å². The molecule has 0 saturated carbocycles. The molecule has 104 valence electrons. The SMILES string of the molecule is CCC(C)n1ccc(CC(C)CNCC(C)C)n1. The number of rotatable bonds is 8. The average molecular weight is 251 g/mol. The van der Waals surface area contributed by atoms with Crippen molar-refractivity contribution in [2.45, 2.75) is 53.5 Å². The van der Waals surface area contributed by atoms with Crippen LogP contribution in [0.25, 0.3) is 0 Å². The van der Waals surface area contributed by atoms with E-state index in [9.17, 15) is 0 Å². The molecule has 1 aromatic heterocycles. The molecule has 0 aliphatic heterocycles. The Kier molecular flexibility index (Phi) is 6.41. The first-order chi connectivity index (χ1) is 8.52. The van der Waals surface area contributed by atoms with Crippen molar-refractivity contribution in [2.75, 3.05) is 13.1 Å². The maximum Gasteiger partial charge on any atom is 0.0627 e. The number of nitrogens with one attached hydrogen (secondary N) is 1. The Hall–Kier alpha value is -0.830. The van der Waals surface area contributed by atoms with E-state index in [0.717, 1.165) is 31.8 Å². The van der Waals surface area contributed by atoms with Crippen LogP contribution in [0.5, 0.6) is 0 Å². The zero-order valence-electron chi connectivity index (χ0n) is 12.6. The van der Waals surface area contributed by atoms with Gasteiger partial charge in [0.2, 0.25) is 0 Å². The maximum atomic E-state index is 4.65. The first-order valence-corrected chi connectivity index (χ1v) is 7.27. The Bertz CT molecular complexity index is 330. The second-order valence-electron chi connectivity index (χ2n) is 5.91. The van der Waals surface area contributed by atoms with Crippen molar-refractivity contribution < 1.29 is 0 Å². The van der Waals surface area contributed by atoms with E-state index >= 15 is 0 Å². The molecule has 3 nitrogen and oxygen atoms in total. The summed E-state index contributed by atoms with van der Waals surface area (Å²) in [4.78, 5) is 0. The molecule has 0 spiro atoms. The molecule has 18 heavy (non-hydrogen) atoms. The zero-order valence-corrected chi connectivity index (χ0v) is 12.6. The fourth-order valence-corrected chi connectivity index (χ4v) is 1.97. The van der Waals surface area contributed by atoms with Gasteiger partial charge in [0.15, 0.2) is 0 Å². The van der Waals surface area contributed by atoms with E-state index in [4.69, 9.17) is 0 Å². The highest BCUT2D eigenvalue weighted by molar-refractivity contribution is 5.00. The second kappa shape index (κ2) is 7.57. The summed E-state index contributed by atoms with van der Waals surface area (Å²) in [7, 11) is 0. The fraction of sp³-hybridized carbons (Fsp3) is 0.800. The van der Waals surface area contributed by atoms with Crippen LogP contribution in [0.4, 0.5) is 0 Å². The smallest absolute Gasteiger partial charge is 0.0627 e. The predicted octanol–water partition coefficient (Wildman–Crippen LogP) is 3.28. The lowest BCUT2D eigenvalue weighted by atomic mass is 10.1. The topological polar surface area (TPSA) is 29.9 Å². The summed E-state index contributed by atoms with van der Waals surface area (Å²) in [5.41, 5.74) is 1.22. The molecule has 0 aliphatic carbocycles. The number of nitrogens with zero attached hydrogens (tertiary/aromatic N) is 2. The minimum atomic E-state index is 0.508. The summed E-state index contributed by atoms with van der Waals surface area (Å²) in [5.74, 6) is 1.37. The molecule has 2 atom stereocenters. The quantitative estimate of drug-likeness (QED) is 0.768. The Morgan fingerprint density at radius 2 is 1.94 bits per heavy atom. The molecular formula is C15H29N3. The van der Waals surface area contributed by atoms with Gasteiger partial charge in [-0.1, -0.05) is 27.7 Å². The summed E-state index contributed by atoms with van der Waals surface area (Å²) in [6.07, 6.45) is 4.30. The molecule has 0 fully saturated rings. The summed E-state index contributed by atoms with van der Waals surface area (Å²) in [6.45, 7) is 13.4. The standard InChI is InChI=1S/C15H29N3/c1-6-14(5)18-8-7-15(17-18)9-13(4)11-16-10-12(2)3/h7-8,12-14,16H,6,9-11H2,1-5H3. The lowest BCUT2D eigenvalue weighted by Crippen LogP contribution is -2.26. The minimum Gasteiger partial charge on any atom is -0.316 e. The van der Waals surface area contributed by atoms with E-state index in [1.54, 1.807) is 0 Å². The molecule has 3 heteroatoms. The molecule has 0 bridgehead atoms. The van der Waals surface area contributed by atoms with E-state index in [1.165, 1.54) is 5.69 Å². The molecule has 0 radical (unpaired) electrons. The third-order valence-corrected chi connectivity index (χ3v) is 3.31. The van der Waals surface area contributed by atoms with E-state index in [-0.39, 0.29) is 0 Å². The Morgan fingerprint density at radius 3 is 2.56 bits per heavy atom. The average Bonchev–Trinajstić information content (AvgIpc) is 2.76. The normalized spacial score (nSPS) is 15.0. The van der Waals surface area contributed by atoms with Crippen molar-refractivity contribution in [1.82, 2.24) is 15.1 Å². The Balaban J connectivity index is 2.35. The third-order valence-electron chi connectivity index (χ3n) is 3.31. The second-order valence-corrected chi connectivity index (χ2v) is 5.91. The lowest BCUT2D eigenvalue weighted by Gasteiger charge is -2.13. The summed E-state index contributed by atoms with van der Waals surface area (Å²) in [5, 5.41) is 8.16. The monoisotopic (exact) mass is 251 g/mol. The fourth-order valence-electron chi connectivity index (χ4n) is 1.97. The van der Waals surface area contributed by atoms with Gasteiger partial charge in [-0.15, -0.1) is 0 Å². The van der Waals surface area contributed by atoms with Gasteiger partial charge in [-0.05, 0) is 50.8 Å². The number of aromatic nitrogens is 2. The van der Waals surface area contributed by atoms with Gasteiger partial charge < -0.3 is 5.32 Å². The van der Waals surface area contributed by atoms with Crippen molar-refractivity contribution in [3.05, 3.63) is 18.0 Å². The van der Waals surface area contributed by atoms with Crippen molar-refractivity contribution in [1.29, 1.82) is 0 Å². The van der Waals surface area contributed by atoms with Crippen LogP contribution in [-0.2, 0) is 6.42 Å². The van der Waals surface area contributed by atoms with Crippen molar-refractivity contribution in [2.24, 2.45) is 11.8 Å². The van der Waals surface area contributed by atoms with Crippen molar-refractivity contribution >= 4 is 0 Å². The summed E-state index contributed by atoms with van der Waals surface area (Å²) in [6, 6.07) is 2.67. The van der Waals surface area contributed by atoms with Gasteiger partial charge in [-0.3, -0.25) is 4.68 Å². The van der Waals surface area contributed by atoms with Gasteiger partial charge in [0, 0.05) is 12.2 Å². The van der Waals surface area contributed by atoms with Crippen molar-refractivity contribution in [3.8, 4) is 0 Å². The van der Waals surface area contributed by atoms with Gasteiger partial charge >= 0.3 is 0 Å². The molecule has 1 heterocycles. The van der Waals surface area contributed by atoms with Crippen LogP contribution in [0.15, 0.2) is 12.3 Å².